The molecule has 0 aromatic heterocycles. The van der Waals surface area contributed by atoms with Gasteiger partial charge in [0.05, 0.1) is 0 Å². The van der Waals surface area contributed by atoms with E-state index in [1.807, 2.05) is 0 Å². The van der Waals surface area contributed by atoms with Crippen LogP contribution in [0.15, 0.2) is 25.3 Å². The first-order valence-corrected chi connectivity index (χ1v) is 8.18. The molecule has 0 aromatic carbocycles. The zero-order chi connectivity index (χ0) is 26.1. The van der Waals surface area contributed by atoms with E-state index >= 15 is 13.2 Å². The van der Waals surface area contributed by atoms with E-state index < -0.39 is 70.3 Å². The van der Waals surface area contributed by atoms with Crippen molar-refractivity contribution in [2.75, 3.05) is 0 Å². The predicted octanol–water partition coefficient (Wildman–Crippen LogP) is 3.89. The second kappa shape index (κ2) is 5.76. The Hall–Kier alpha value is -2.49. The lowest BCUT2D eigenvalue weighted by molar-refractivity contribution is -0.593. The van der Waals surface area contributed by atoms with E-state index in [4.69, 9.17) is 0 Å². The van der Waals surface area contributed by atoms with Crippen LogP contribution in [0.1, 0.15) is 0 Å². The molecule has 0 amide bonds. The second-order valence-electron chi connectivity index (χ2n) is 7.27. The lowest BCUT2D eigenvalue weighted by Crippen LogP contribution is -3.09. The van der Waals surface area contributed by atoms with Crippen LogP contribution in [-0.2, 0) is 19.1 Å². The molecule has 4 rings (SSSR count). The van der Waals surface area contributed by atoms with Crippen molar-refractivity contribution in [2.45, 2.75) is 58.3 Å². The zero-order valence-corrected chi connectivity index (χ0v) is 15.2. The maximum atomic E-state index is 15.2. The molecule has 0 saturated heterocycles. The monoisotopic (exact) mass is 510 g/mol. The van der Waals surface area contributed by atoms with Crippen LogP contribution < -0.4 is 0 Å². The quantitative estimate of drug-likeness (QED) is 0.327. The maximum Gasteiger partial charge on any atom is 0.341 e. The summed E-state index contributed by atoms with van der Waals surface area (Å²) in [5.74, 6) is -42.4. The van der Waals surface area contributed by atoms with E-state index in [9.17, 15) is 53.5 Å². The number of alkyl halides is 13. The van der Waals surface area contributed by atoms with Crippen molar-refractivity contribution in [3.8, 4) is 0 Å². The molecule has 0 unspecified atom stereocenters. The summed E-state index contributed by atoms with van der Waals surface area (Å²) >= 11 is 0. The van der Waals surface area contributed by atoms with Gasteiger partial charge < -0.3 is 9.47 Å². The Balaban J connectivity index is 2.67. The maximum absolute atomic E-state index is 15.2. The largest absolute Gasteiger partial charge is 0.439 e. The fourth-order valence-corrected chi connectivity index (χ4v) is 4.52. The number of carbonyl (C=O) groups excluding carboxylic acids is 2. The molecule has 0 N–H and O–H groups in total. The Morgan fingerprint density at radius 2 is 0.818 bits per heavy atom. The highest BCUT2D eigenvalue weighted by molar-refractivity contribution is 5.83. The van der Waals surface area contributed by atoms with Crippen LogP contribution >= 0.6 is 0 Å². The third-order valence-corrected chi connectivity index (χ3v) is 6.03. The lowest BCUT2D eigenvalue weighted by Gasteiger charge is -2.74. The first kappa shape index (κ1) is 25.1. The van der Waals surface area contributed by atoms with Gasteiger partial charge in [0, 0.05) is 12.2 Å². The molecule has 4 bridgehead atoms. The molecule has 33 heavy (non-hydrogen) atoms. The molecule has 0 atom stereocenters. The molecule has 4 saturated carbocycles. The number of hydrogen-bond donors (Lipinski definition) is 0. The fraction of sp³-hybridized carbons (Fsp3) is 0.625. The third-order valence-electron chi connectivity index (χ3n) is 6.03. The van der Waals surface area contributed by atoms with Crippen LogP contribution in [-0.4, -0.2) is 70.3 Å². The first-order valence-electron chi connectivity index (χ1n) is 8.18. The van der Waals surface area contributed by atoms with Gasteiger partial charge in [-0.25, -0.2) is 22.8 Å². The summed E-state index contributed by atoms with van der Waals surface area (Å²) in [6, 6.07) is 0. The SMILES string of the molecule is C=CC(=O)OC12C(F)C3(OC(=O)C=C)C(F)(F)C(F)(C1(F)F)C(F)(F)C(F)(C2(F)F)C3(F)F. The Labute approximate surface area is 173 Å². The van der Waals surface area contributed by atoms with Crippen molar-refractivity contribution in [1.82, 2.24) is 0 Å². The highest BCUT2D eigenvalue weighted by Gasteiger charge is 3.20. The standard InChI is InChI=1S/C16H7F13O4/c1-3-5(30)32-8-7(17)9(33-6(31)4-2)14(24,25)10(18,12(8,20)21)16(28,29)11(19,13(8,22)23)15(9,26)27/h3-4,7H,1-2H2. The zero-order valence-electron chi connectivity index (χ0n) is 15.2. The summed E-state index contributed by atoms with van der Waals surface area (Å²) in [7, 11) is 0. The van der Waals surface area contributed by atoms with Gasteiger partial charge in [-0.2, -0.15) is 43.9 Å². The molecule has 4 nitrogen and oxygen atoms in total. The van der Waals surface area contributed by atoms with E-state index in [1.54, 1.807) is 0 Å². The summed E-state index contributed by atoms with van der Waals surface area (Å²) in [5, 5.41) is 0. The van der Waals surface area contributed by atoms with Crippen LogP contribution in [0.25, 0.3) is 0 Å². The van der Waals surface area contributed by atoms with Gasteiger partial charge in [-0.3, -0.25) is 0 Å². The molecular weight excluding hydrogens is 503 g/mol. The Kier molecular flexibility index (Phi) is 4.39. The summed E-state index contributed by atoms with van der Waals surface area (Å²) in [5.41, 5.74) is -27.8. The van der Waals surface area contributed by atoms with Crippen LogP contribution in [0.3, 0.4) is 0 Å². The molecular formula is C16H7F13O4. The number of rotatable bonds is 4. The molecule has 4 aliphatic rings. The van der Waals surface area contributed by atoms with Crippen molar-refractivity contribution in [2.24, 2.45) is 0 Å². The molecule has 17 heteroatoms. The van der Waals surface area contributed by atoms with Gasteiger partial charge in [-0.05, 0) is 0 Å². The number of esters is 2. The van der Waals surface area contributed by atoms with Crippen molar-refractivity contribution < 1.29 is 76.1 Å². The number of halogens is 13. The minimum atomic E-state index is -7.71. The normalized spacial score (nSPS) is 44.6. The highest BCUT2D eigenvalue weighted by atomic mass is 19.3. The van der Waals surface area contributed by atoms with Crippen molar-refractivity contribution in [1.29, 1.82) is 0 Å². The van der Waals surface area contributed by atoms with E-state index in [0.29, 0.717) is 0 Å². The number of hydrogen-bond acceptors (Lipinski definition) is 4. The molecule has 0 aromatic rings. The van der Waals surface area contributed by atoms with Crippen molar-refractivity contribution in [3.63, 3.8) is 0 Å². The van der Waals surface area contributed by atoms with Gasteiger partial charge in [-0.15, -0.1) is 0 Å². The van der Waals surface area contributed by atoms with Gasteiger partial charge in [0.15, 0.2) is 0 Å². The van der Waals surface area contributed by atoms with Crippen LogP contribution in [0.4, 0.5) is 57.1 Å². The summed E-state index contributed by atoms with van der Waals surface area (Å²) in [4.78, 5) is 22.8. The molecule has 186 valence electrons. The summed E-state index contributed by atoms with van der Waals surface area (Å²) < 4.78 is 200. The predicted molar refractivity (Wildman–Crippen MR) is 75.3 cm³/mol. The average Bonchev–Trinajstić information content (AvgIpc) is 2.69. The molecule has 4 aliphatic carbocycles. The minimum absolute atomic E-state index is 0.385. The van der Waals surface area contributed by atoms with E-state index in [-0.39, 0.29) is 12.2 Å². The van der Waals surface area contributed by atoms with Gasteiger partial charge in [-0.1, -0.05) is 13.2 Å². The molecule has 0 radical (unpaired) electrons. The molecule has 4 fully saturated rings. The van der Waals surface area contributed by atoms with Gasteiger partial charge in [0.1, 0.15) is 0 Å². The molecule has 0 spiro atoms. The van der Waals surface area contributed by atoms with Crippen LogP contribution in [0, 0.1) is 0 Å². The van der Waals surface area contributed by atoms with E-state index in [2.05, 4.69) is 22.6 Å². The molecule has 0 heterocycles. The highest BCUT2D eigenvalue weighted by Crippen LogP contribution is 2.86. The van der Waals surface area contributed by atoms with E-state index in [1.165, 1.54) is 0 Å². The lowest BCUT2D eigenvalue weighted by atomic mass is 9.40. The number of ether oxygens (including phenoxy) is 2. The van der Waals surface area contributed by atoms with Gasteiger partial charge >= 0.3 is 52.9 Å². The van der Waals surface area contributed by atoms with Gasteiger partial charge in [0.25, 0.3) is 11.2 Å². The topological polar surface area (TPSA) is 52.6 Å². The minimum Gasteiger partial charge on any atom is -0.439 e. The second-order valence-corrected chi connectivity index (χ2v) is 7.27. The smallest absolute Gasteiger partial charge is 0.341 e. The fourth-order valence-electron chi connectivity index (χ4n) is 4.52. The average molecular weight is 510 g/mol. The van der Waals surface area contributed by atoms with Crippen molar-refractivity contribution in [3.05, 3.63) is 25.3 Å². The molecule has 0 aliphatic heterocycles. The Morgan fingerprint density at radius 3 is 1.03 bits per heavy atom. The third kappa shape index (κ3) is 1.73. The van der Waals surface area contributed by atoms with Gasteiger partial charge in [0.2, 0.25) is 6.17 Å². The Morgan fingerprint density at radius 1 is 0.576 bits per heavy atom. The summed E-state index contributed by atoms with van der Waals surface area (Å²) in [6.45, 7) is 4.92. The van der Waals surface area contributed by atoms with Crippen LogP contribution in [0.5, 0.6) is 0 Å². The van der Waals surface area contributed by atoms with E-state index in [0.717, 1.165) is 0 Å². The van der Waals surface area contributed by atoms with Crippen LogP contribution in [0.2, 0.25) is 0 Å². The van der Waals surface area contributed by atoms with Crippen molar-refractivity contribution >= 4 is 11.9 Å². The number of carbonyl (C=O) groups is 2. The summed E-state index contributed by atoms with van der Waals surface area (Å²) in [6.07, 6.45) is -6.37. The Bertz CT molecular complexity index is 865. The first-order chi connectivity index (χ1) is 14.6.